The molecule has 2 amide bonds. The first kappa shape index (κ1) is 37.8. The molecule has 4 aliphatic rings. The molecule has 0 radical (unpaired) electrons. The first-order valence-electron chi connectivity index (χ1n) is 18.0. The molecule has 0 spiro atoms. The number of piperidine rings is 1. The second-order valence-electron chi connectivity index (χ2n) is 14.3. The van der Waals surface area contributed by atoms with Crippen molar-refractivity contribution in [3.63, 3.8) is 0 Å². The molecule has 3 fully saturated rings. The molecule has 2 N–H and O–H groups in total. The van der Waals surface area contributed by atoms with Crippen LogP contribution >= 0.6 is 23.2 Å². The molecule has 0 bridgehead atoms. The van der Waals surface area contributed by atoms with Crippen LogP contribution in [-0.4, -0.2) is 115 Å². The number of methoxy groups -OCH3 is 1. The molecule has 4 aliphatic heterocycles. The largest absolute Gasteiger partial charge is 0.496 e. The predicted octanol–water partition coefficient (Wildman–Crippen LogP) is 4.91. The number of pyridine rings is 1. The van der Waals surface area contributed by atoms with Crippen LogP contribution in [-0.2, 0) is 25.2 Å². The monoisotopic (exact) mass is 776 g/mol. The van der Waals surface area contributed by atoms with Crippen LogP contribution in [0.25, 0.3) is 0 Å². The van der Waals surface area contributed by atoms with Crippen LogP contribution in [0.1, 0.15) is 58.8 Å². The van der Waals surface area contributed by atoms with Gasteiger partial charge in [0, 0.05) is 37.4 Å². The maximum Gasteiger partial charge on any atom is 0.334 e. The minimum absolute atomic E-state index is 0.0617. The second kappa shape index (κ2) is 16.1. The Morgan fingerprint density at radius 3 is 2.56 bits per heavy atom. The van der Waals surface area contributed by atoms with Crippen molar-refractivity contribution in [2.75, 3.05) is 59.5 Å². The minimum atomic E-state index is -1.06. The maximum absolute atomic E-state index is 14.2. The van der Waals surface area contributed by atoms with E-state index < -0.39 is 22.9 Å². The molecule has 3 saturated heterocycles. The molecule has 3 atom stereocenters. The van der Waals surface area contributed by atoms with Gasteiger partial charge in [-0.05, 0) is 97.6 Å². The number of aromatic nitrogens is 1. The average molecular weight is 778 g/mol. The number of morpholine rings is 1. The lowest BCUT2D eigenvalue weighted by atomic mass is 9.72. The van der Waals surface area contributed by atoms with E-state index in [1.807, 2.05) is 47.4 Å². The summed E-state index contributed by atoms with van der Waals surface area (Å²) in [5.41, 5.74) is 4.85. The van der Waals surface area contributed by atoms with Gasteiger partial charge in [-0.1, -0.05) is 41.4 Å². The fourth-order valence-corrected chi connectivity index (χ4v) is 8.34. The molecule has 7 rings (SSSR count). The van der Waals surface area contributed by atoms with E-state index in [4.69, 9.17) is 32.7 Å². The van der Waals surface area contributed by atoms with Gasteiger partial charge in [-0.3, -0.25) is 20.0 Å². The van der Waals surface area contributed by atoms with E-state index in [2.05, 4.69) is 30.7 Å². The van der Waals surface area contributed by atoms with E-state index in [-0.39, 0.29) is 31.0 Å². The van der Waals surface area contributed by atoms with Gasteiger partial charge in [-0.15, -0.1) is 5.10 Å². The molecular weight excluding hydrogens is 735 g/mol. The predicted molar refractivity (Wildman–Crippen MR) is 201 cm³/mol. The third kappa shape index (κ3) is 7.71. The molecule has 3 aromatic rings. The van der Waals surface area contributed by atoms with Crippen molar-refractivity contribution in [2.24, 2.45) is 15.4 Å². The van der Waals surface area contributed by atoms with E-state index in [0.717, 1.165) is 36.1 Å². The summed E-state index contributed by atoms with van der Waals surface area (Å²) < 4.78 is 11.0. The standard InChI is InChI=1S/C38H42Cl2N8O6/c1-53-32-7-4-25(31-22-42-45-43-31)19-28(32)34(49)47-16-9-37(24-47,26-5-6-29(39)30(40)20-26)8-13-46-14-10-38(11-15-46,27-3-2-12-41-21-27)36(52)44-48-17-18-54-33(23-48)35(50)51/h2-7,12,19-22,31,33H,8-11,13-18,23-24H2,1H3,(H,44,52)(H,50,51). The van der Waals surface area contributed by atoms with Gasteiger partial charge in [-0.2, -0.15) is 5.11 Å². The van der Waals surface area contributed by atoms with Crippen LogP contribution in [0.5, 0.6) is 5.75 Å². The molecule has 2 aromatic carbocycles. The highest BCUT2D eigenvalue weighted by molar-refractivity contribution is 6.42. The number of carbonyl (C=O) groups excluding carboxylic acids is 2. The number of rotatable bonds is 11. The number of carboxylic acids is 1. The van der Waals surface area contributed by atoms with E-state index in [1.165, 1.54) is 0 Å². The molecule has 3 unspecified atom stereocenters. The van der Waals surface area contributed by atoms with Gasteiger partial charge < -0.3 is 24.4 Å². The number of likely N-dealkylation sites (tertiary alicyclic amines) is 2. The van der Waals surface area contributed by atoms with Gasteiger partial charge >= 0.3 is 5.97 Å². The number of amides is 2. The zero-order valence-electron chi connectivity index (χ0n) is 29.9. The molecule has 5 heterocycles. The molecule has 16 heteroatoms. The fraction of sp³-hybridized carbons (Fsp3) is 0.447. The highest BCUT2D eigenvalue weighted by Crippen LogP contribution is 2.42. The summed E-state index contributed by atoms with van der Waals surface area (Å²) in [6, 6.07) is 14.6. The normalized spacial score (nSPS) is 24.1. The number of nitrogens with zero attached hydrogens (tertiary/aromatic N) is 7. The Balaban J connectivity index is 1.08. The van der Waals surface area contributed by atoms with Gasteiger partial charge in [0.2, 0.25) is 5.91 Å². The topological polar surface area (TPSA) is 162 Å². The number of benzene rings is 2. The van der Waals surface area contributed by atoms with Crippen LogP contribution in [0.4, 0.5) is 0 Å². The van der Waals surface area contributed by atoms with Crippen molar-refractivity contribution in [2.45, 2.75) is 48.7 Å². The van der Waals surface area contributed by atoms with Crippen molar-refractivity contribution in [1.82, 2.24) is 25.2 Å². The third-order valence-corrected chi connectivity index (χ3v) is 12.0. The lowest BCUT2D eigenvalue weighted by Crippen LogP contribution is -2.59. The van der Waals surface area contributed by atoms with Crippen molar-refractivity contribution >= 4 is 47.2 Å². The van der Waals surface area contributed by atoms with Crippen LogP contribution in [0.15, 0.2) is 76.4 Å². The van der Waals surface area contributed by atoms with E-state index in [9.17, 15) is 19.5 Å². The molecule has 0 aliphatic carbocycles. The molecular formula is C38H42Cl2N8O6. The Hall–Kier alpha value is -4.47. The Labute approximate surface area is 323 Å². The Kier molecular flexibility index (Phi) is 11.3. The molecule has 0 saturated carbocycles. The van der Waals surface area contributed by atoms with E-state index in [0.29, 0.717) is 66.9 Å². The summed E-state index contributed by atoms with van der Waals surface area (Å²) in [4.78, 5) is 48.5. The summed E-state index contributed by atoms with van der Waals surface area (Å²) in [7, 11) is 1.55. The third-order valence-electron chi connectivity index (χ3n) is 11.3. The average Bonchev–Trinajstić information content (AvgIpc) is 3.90. The van der Waals surface area contributed by atoms with Gasteiger partial charge in [0.05, 0.1) is 47.5 Å². The summed E-state index contributed by atoms with van der Waals surface area (Å²) in [6.07, 6.45) is 6.60. The second-order valence-corrected chi connectivity index (χ2v) is 15.1. The van der Waals surface area contributed by atoms with E-state index >= 15 is 0 Å². The van der Waals surface area contributed by atoms with Gasteiger partial charge in [0.15, 0.2) is 6.10 Å². The minimum Gasteiger partial charge on any atom is -0.496 e. The lowest BCUT2D eigenvalue weighted by Gasteiger charge is -2.43. The van der Waals surface area contributed by atoms with Crippen molar-refractivity contribution in [3.8, 4) is 5.75 Å². The van der Waals surface area contributed by atoms with Crippen LogP contribution in [0.2, 0.25) is 10.0 Å². The molecule has 284 valence electrons. The highest BCUT2D eigenvalue weighted by Gasteiger charge is 2.46. The first-order valence-corrected chi connectivity index (χ1v) is 18.8. The van der Waals surface area contributed by atoms with Gasteiger partial charge in [0.25, 0.3) is 5.91 Å². The number of hydrogen-bond acceptors (Lipinski definition) is 11. The quantitative estimate of drug-likeness (QED) is 0.276. The van der Waals surface area contributed by atoms with Crippen LogP contribution < -0.4 is 10.2 Å². The number of hydrazine groups is 1. The fourth-order valence-electron chi connectivity index (χ4n) is 8.04. The van der Waals surface area contributed by atoms with Crippen molar-refractivity contribution < 1.29 is 29.0 Å². The van der Waals surface area contributed by atoms with Crippen LogP contribution in [0.3, 0.4) is 0 Å². The smallest absolute Gasteiger partial charge is 0.334 e. The number of carbonyl (C=O) groups is 3. The summed E-state index contributed by atoms with van der Waals surface area (Å²) in [5.74, 6) is -0.898. The number of nitrogens with one attached hydrogen (secondary N) is 1. The van der Waals surface area contributed by atoms with Crippen molar-refractivity contribution in [3.05, 3.63) is 93.2 Å². The number of halogens is 2. The molecule has 54 heavy (non-hydrogen) atoms. The van der Waals surface area contributed by atoms with Gasteiger partial charge in [-0.25, -0.2) is 9.80 Å². The van der Waals surface area contributed by atoms with Crippen molar-refractivity contribution in [1.29, 1.82) is 0 Å². The Bertz CT molecular complexity index is 1930. The van der Waals surface area contributed by atoms with Crippen LogP contribution in [0, 0.1) is 0 Å². The maximum atomic E-state index is 14.2. The lowest BCUT2D eigenvalue weighted by molar-refractivity contribution is -0.160. The number of hydrogen-bond donors (Lipinski definition) is 2. The zero-order chi connectivity index (χ0) is 37.9. The summed E-state index contributed by atoms with van der Waals surface area (Å²) >= 11 is 12.9. The molecule has 14 nitrogen and oxygen atoms in total. The first-order chi connectivity index (χ1) is 26.1. The number of aliphatic carboxylic acids is 1. The molecule has 1 aromatic heterocycles. The summed E-state index contributed by atoms with van der Waals surface area (Å²) in [5, 5.41) is 23.8. The number of ether oxygens (including phenoxy) is 2. The Morgan fingerprint density at radius 1 is 1.02 bits per heavy atom. The van der Waals surface area contributed by atoms with Gasteiger partial charge in [0.1, 0.15) is 11.8 Å². The highest BCUT2D eigenvalue weighted by atomic mass is 35.5. The Morgan fingerprint density at radius 2 is 1.85 bits per heavy atom. The summed E-state index contributed by atoms with van der Waals surface area (Å²) in [6.45, 7) is 3.68. The number of carboxylic acid groups (broad SMARTS) is 1. The van der Waals surface area contributed by atoms with E-state index in [1.54, 1.807) is 36.8 Å². The zero-order valence-corrected chi connectivity index (χ0v) is 31.4. The SMILES string of the molecule is COc1ccc(C2C=NN=N2)cc1C(=O)N1CCC(CCN2CCC(C(=O)NN3CCOC(C(=O)O)C3)(c3cccnc3)CC2)(c2ccc(Cl)c(Cl)c2)C1.